The van der Waals surface area contributed by atoms with Crippen LogP contribution >= 0.6 is 0 Å². The predicted octanol–water partition coefficient (Wildman–Crippen LogP) is -0.688. The Bertz CT molecular complexity index is 640. The molecule has 1 aromatic heterocycles. The minimum absolute atomic E-state index is 0.0198. The first-order valence-electron chi connectivity index (χ1n) is 6.71. The highest BCUT2D eigenvalue weighted by Gasteiger charge is 2.42. The minimum Gasteiger partial charge on any atom is -0.506 e. The number of pyridine rings is 1. The molecule has 0 saturated carbocycles. The van der Waals surface area contributed by atoms with E-state index in [0.29, 0.717) is 0 Å². The van der Waals surface area contributed by atoms with Gasteiger partial charge in [-0.1, -0.05) is 0 Å². The molecule has 0 aliphatic carbocycles. The molecule has 132 valence electrons. The molecule has 0 aromatic carbocycles. The van der Waals surface area contributed by atoms with Crippen LogP contribution in [0.3, 0.4) is 0 Å². The van der Waals surface area contributed by atoms with Crippen molar-refractivity contribution in [2.24, 2.45) is 0 Å². The molecule has 0 bridgehead atoms. The lowest BCUT2D eigenvalue weighted by Gasteiger charge is -2.23. The van der Waals surface area contributed by atoms with Crippen LogP contribution < -0.4 is 0 Å². The Morgan fingerprint density at radius 3 is 2.21 bits per heavy atom. The minimum atomic E-state index is -2.76. The fourth-order valence-corrected chi connectivity index (χ4v) is 1.96. The van der Waals surface area contributed by atoms with Gasteiger partial charge in [-0.3, -0.25) is 14.6 Å². The smallest absolute Gasteiger partial charge is 0.339 e. The zero-order valence-corrected chi connectivity index (χ0v) is 12.7. The van der Waals surface area contributed by atoms with E-state index in [9.17, 15) is 29.7 Å². The molecule has 0 aliphatic rings. The summed E-state index contributed by atoms with van der Waals surface area (Å²) in [4.78, 5) is 37.2. The first kappa shape index (κ1) is 19.3. The Morgan fingerprint density at radius 1 is 1.21 bits per heavy atom. The van der Waals surface area contributed by atoms with Crippen LogP contribution in [0, 0.1) is 6.92 Å². The molecule has 24 heavy (non-hydrogen) atoms. The van der Waals surface area contributed by atoms with E-state index in [-0.39, 0.29) is 22.6 Å². The van der Waals surface area contributed by atoms with E-state index in [2.05, 4.69) is 4.98 Å². The van der Waals surface area contributed by atoms with Crippen molar-refractivity contribution in [3.63, 3.8) is 0 Å². The van der Waals surface area contributed by atoms with Crippen molar-refractivity contribution in [1.29, 1.82) is 0 Å². The molecule has 0 saturated heterocycles. The first-order chi connectivity index (χ1) is 11.1. The maximum atomic E-state index is 11.9. The van der Waals surface area contributed by atoms with Crippen molar-refractivity contribution in [3.8, 4) is 5.75 Å². The van der Waals surface area contributed by atoms with Crippen LogP contribution in [0.5, 0.6) is 5.75 Å². The molecular weight excluding hydrogens is 326 g/mol. The summed E-state index contributed by atoms with van der Waals surface area (Å²) in [5.41, 5.74) is -2.38. The highest BCUT2D eigenvalue weighted by molar-refractivity contribution is 5.89. The number of esters is 1. The van der Waals surface area contributed by atoms with Gasteiger partial charge in [-0.2, -0.15) is 0 Å². The van der Waals surface area contributed by atoms with Crippen molar-refractivity contribution in [2.75, 3.05) is 0 Å². The number of aryl methyl sites for hydroxylation is 1. The van der Waals surface area contributed by atoms with Gasteiger partial charge in [-0.15, -0.1) is 0 Å². The van der Waals surface area contributed by atoms with Gasteiger partial charge in [0.1, 0.15) is 12.4 Å². The number of carbonyl (C=O) groups excluding carboxylic acids is 1. The molecule has 1 aromatic rings. The summed E-state index contributed by atoms with van der Waals surface area (Å²) in [6.45, 7) is 0.348. The van der Waals surface area contributed by atoms with Crippen LogP contribution in [0.15, 0.2) is 6.20 Å². The lowest BCUT2D eigenvalue weighted by molar-refractivity contribution is -0.176. The van der Waals surface area contributed by atoms with Gasteiger partial charge >= 0.3 is 17.9 Å². The fourth-order valence-electron chi connectivity index (χ4n) is 1.96. The van der Waals surface area contributed by atoms with E-state index < -0.39 is 49.6 Å². The predicted molar refractivity (Wildman–Crippen MR) is 75.8 cm³/mol. The molecule has 0 amide bonds. The SMILES string of the molecule is Cc1ncc(CO)c(COC(=O)C(O)(CC(=O)O)CC(=O)O)c1O. The van der Waals surface area contributed by atoms with E-state index in [4.69, 9.17) is 14.9 Å². The molecule has 1 heterocycles. The number of aliphatic hydroxyl groups excluding tert-OH is 1. The molecule has 0 fully saturated rings. The van der Waals surface area contributed by atoms with Crippen molar-refractivity contribution in [2.45, 2.75) is 38.6 Å². The lowest BCUT2D eigenvalue weighted by atomic mass is 9.95. The molecule has 1 rings (SSSR count). The Hall–Kier alpha value is -2.72. The number of carbonyl (C=O) groups is 3. The average Bonchev–Trinajstić information content (AvgIpc) is 2.46. The standard InChI is InChI=1S/C14H17NO9/c1-7-12(21)9(8(5-16)4-15-7)6-24-13(22)14(23,2-10(17)18)3-11(19)20/h4,16,21,23H,2-3,5-6H2,1H3,(H,17,18)(H,19,20). The number of aliphatic hydroxyl groups is 2. The van der Waals surface area contributed by atoms with Crippen LogP contribution in [0.4, 0.5) is 0 Å². The van der Waals surface area contributed by atoms with Crippen LogP contribution in [0.1, 0.15) is 29.7 Å². The van der Waals surface area contributed by atoms with Crippen molar-refractivity contribution in [3.05, 3.63) is 23.0 Å². The van der Waals surface area contributed by atoms with E-state index in [1.54, 1.807) is 0 Å². The van der Waals surface area contributed by atoms with Crippen molar-refractivity contribution < 1.29 is 44.7 Å². The van der Waals surface area contributed by atoms with Gasteiger partial charge in [0, 0.05) is 17.3 Å². The van der Waals surface area contributed by atoms with E-state index >= 15 is 0 Å². The fraction of sp³-hybridized carbons (Fsp3) is 0.429. The molecule has 0 unspecified atom stereocenters. The van der Waals surface area contributed by atoms with Crippen LogP contribution in [0.25, 0.3) is 0 Å². The lowest BCUT2D eigenvalue weighted by Crippen LogP contribution is -2.44. The molecule has 0 spiro atoms. The number of carboxylic acids is 2. The summed E-state index contributed by atoms with van der Waals surface area (Å²) in [6.07, 6.45) is -1.07. The normalized spacial score (nSPS) is 11.1. The first-order valence-corrected chi connectivity index (χ1v) is 6.71. The van der Waals surface area contributed by atoms with Gasteiger partial charge < -0.3 is 30.3 Å². The van der Waals surface area contributed by atoms with Gasteiger partial charge in [-0.05, 0) is 6.92 Å². The Balaban J connectivity index is 2.99. The summed E-state index contributed by atoms with van der Waals surface area (Å²) in [5, 5.41) is 46.5. The topological polar surface area (TPSA) is 174 Å². The third-order valence-electron chi connectivity index (χ3n) is 3.22. The number of aromatic hydroxyl groups is 1. The summed E-state index contributed by atoms with van der Waals surface area (Å²) >= 11 is 0. The summed E-state index contributed by atoms with van der Waals surface area (Å²) in [7, 11) is 0. The number of aliphatic carboxylic acids is 2. The second-order valence-corrected chi connectivity index (χ2v) is 5.10. The second kappa shape index (κ2) is 7.70. The average molecular weight is 343 g/mol. The monoisotopic (exact) mass is 343 g/mol. The Kier molecular flexibility index (Phi) is 6.20. The van der Waals surface area contributed by atoms with Gasteiger partial charge in [0.15, 0.2) is 5.60 Å². The molecule has 0 aliphatic heterocycles. The highest BCUT2D eigenvalue weighted by atomic mass is 16.6. The Morgan fingerprint density at radius 2 is 1.75 bits per heavy atom. The summed E-state index contributed by atoms with van der Waals surface area (Å²) in [5.74, 6) is -4.98. The molecule has 10 heteroatoms. The molecule has 5 N–H and O–H groups in total. The zero-order valence-electron chi connectivity index (χ0n) is 12.7. The van der Waals surface area contributed by atoms with E-state index in [1.807, 2.05) is 0 Å². The number of nitrogens with zero attached hydrogens (tertiary/aromatic N) is 1. The van der Waals surface area contributed by atoms with E-state index in [1.165, 1.54) is 13.1 Å². The number of hydrogen-bond donors (Lipinski definition) is 5. The quantitative estimate of drug-likeness (QED) is 0.380. The summed E-state index contributed by atoms with van der Waals surface area (Å²) in [6, 6.07) is 0. The van der Waals surface area contributed by atoms with Crippen molar-refractivity contribution in [1.82, 2.24) is 4.98 Å². The summed E-state index contributed by atoms with van der Waals surface area (Å²) < 4.78 is 4.76. The third kappa shape index (κ3) is 4.64. The molecule has 10 nitrogen and oxygen atoms in total. The number of rotatable bonds is 8. The van der Waals surface area contributed by atoms with Gasteiger partial charge in [0.05, 0.1) is 25.1 Å². The van der Waals surface area contributed by atoms with Crippen molar-refractivity contribution >= 4 is 17.9 Å². The van der Waals surface area contributed by atoms with Crippen LogP contribution in [-0.4, -0.2) is 54.0 Å². The zero-order chi connectivity index (χ0) is 18.5. The van der Waals surface area contributed by atoms with Gasteiger partial charge in [0.25, 0.3) is 0 Å². The largest absolute Gasteiger partial charge is 0.506 e. The number of ether oxygens (including phenoxy) is 1. The van der Waals surface area contributed by atoms with Crippen LogP contribution in [0.2, 0.25) is 0 Å². The molecular formula is C14H17NO9. The maximum Gasteiger partial charge on any atom is 0.339 e. The van der Waals surface area contributed by atoms with E-state index in [0.717, 1.165) is 0 Å². The Labute approximate surface area is 136 Å². The molecule has 0 radical (unpaired) electrons. The number of hydrogen-bond acceptors (Lipinski definition) is 8. The van der Waals surface area contributed by atoms with Gasteiger partial charge in [-0.25, -0.2) is 4.79 Å². The number of aromatic nitrogens is 1. The number of carboxylic acid groups (broad SMARTS) is 2. The molecule has 0 atom stereocenters. The highest BCUT2D eigenvalue weighted by Crippen LogP contribution is 2.26. The third-order valence-corrected chi connectivity index (χ3v) is 3.22. The maximum absolute atomic E-state index is 11.9. The van der Waals surface area contributed by atoms with Gasteiger partial charge in [0.2, 0.25) is 0 Å². The second-order valence-electron chi connectivity index (χ2n) is 5.10. The van der Waals surface area contributed by atoms with Crippen LogP contribution in [-0.2, 0) is 32.3 Å².